The van der Waals surface area contributed by atoms with Gasteiger partial charge in [0, 0.05) is 13.0 Å². The highest BCUT2D eigenvalue weighted by atomic mass is 35.5. The lowest BCUT2D eigenvalue weighted by Gasteiger charge is -2.25. The number of hydrogen-bond donors (Lipinski definition) is 5. The van der Waals surface area contributed by atoms with Gasteiger partial charge in [0.2, 0.25) is 17.7 Å². The highest BCUT2D eigenvalue weighted by Crippen LogP contribution is 2.12. The minimum atomic E-state index is -0.920. The number of hydrogen-bond acceptors (Lipinski definition) is 5. The highest BCUT2D eigenvalue weighted by Gasteiger charge is 2.28. The Morgan fingerprint density at radius 2 is 1.47 bits per heavy atom. The summed E-state index contributed by atoms with van der Waals surface area (Å²) in [7, 11) is 0. The Balaban J connectivity index is 0.00000648. The van der Waals surface area contributed by atoms with Crippen molar-refractivity contribution in [2.24, 2.45) is 11.7 Å². The Kier molecular flexibility index (Phi) is 13.6. The Labute approximate surface area is 219 Å². The molecule has 198 valence electrons. The van der Waals surface area contributed by atoms with E-state index >= 15 is 0 Å². The lowest BCUT2D eigenvalue weighted by Crippen LogP contribution is -2.56. The molecule has 3 amide bonds. The summed E-state index contributed by atoms with van der Waals surface area (Å²) in [5, 5.41) is 18.0. The summed E-state index contributed by atoms with van der Waals surface area (Å²) in [6.07, 6.45) is 1.76. The number of aromatic hydroxyl groups is 1. The molecule has 6 N–H and O–H groups in total. The van der Waals surface area contributed by atoms with Crippen LogP contribution in [0.25, 0.3) is 0 Å². The molecule has 0 aliphatic carbocycles. The first-order chi connectivity index (χ1) is 16.7. The maximum absolute atomic E-state index is 13.3. The van der Waals surface area contributed by atoms with E-state index in [0.29, 0.717) is 25.8 Å². The van der Waals surface area contributed by atoms with Gasteiger partial charge < -0.3 is 26.8 Å². The molecule has 8 nitrogen and oxygen atoms in total. The number of phenolic OH excluding ortho intramolecular Hbond substituents is 1. The van der Waals surface area contributed by atoms with Crippen LogP contribution in [0.5, 0.6) is 5.75 Å². The van der Waals surface area contributed by atoms with Crippen molar-refractivity contribution in [3.8, 4) is 5.75 Å². The first-order valence-electron chi connectivity index (χ1n) is 12.2. The van der Waals surface area contributed by atoms with Crippen molar-refractivity contribution in [3.05, 3.63) is 65.7 Å². The maximum Gasteiger partial charge on any atom is 0.243 e. The summed E-state index contributed by atoms with van der Waals surface area (Å²) in [5.74, 6) is -0.879. The molecular formula is C27H39ClN4O4. The molecule has 2 rings (SSSR count). The third-order valence-electron chi connectivity index (χ3n) is 5.68. The molecular weight excluding hydrogens is 480 g/mol. The number of carbonyl (C=O) groups excluding carboxylic acids is 3. The normalized spacial score (nSPS) is 13.1. The number of halogens is 1. The van der Waals surface area contributed by atoms with Gasteiger partial charge in [-0.3, -0.25) is 14.4 Å². The molecule has 0 spiro atoms. The fourth-order valence-corrected chi connectivity index (χ4v) is 3.61. The van der Waals surface area contributed by atoms with Crippen LogP contribution >= 0.6 is 12.4 Å². The van der Waals surface area contributed by atoms with Crippen molar-refractivity contribution in [3.63, 3.8) is 0 Å². The third kappa shape index (κ3) is 10.7. The summed E-state index contributed by atoms with van der Waals surface area (Å²) in [4.78, 5) is 38.7. The molecule has 1 unspecified atom stereocenters. The summed E-state index contributed by atoms with van der Waals surface area (Å²) >= 11 is 0. The number of benzene rings is 2. The van der Waals surface area contributed by atoms with Gasteiger partial charge in [0.1, 0.15) is 17.8 Å². The van der Waals surface area contributed by atoms with Crippen LogP contribution in [0, 0.1) is 5.92 Å². The number of nitrogens with two attached hydrogens (primary N) is 1. The second-order valence-corrected chi connectivity index (χ2v) is 9.16. The van der Waals surface area contributed by atoms with Gasteiger partial charge in [0.25, 0.3) is 0 Å². The zero-order chi connectivity index (χ0) is 25.8. The van der Waals surface area contributed by atoms with E-state index in [-0.39, 0.29) is 36.4 Å². The number of carbonyl (C=O) groups is 3. The summed E-state index contributed by atoms with van der Waals surface area (Å²) in [6, 6.07) is 13.8. The lowest BCUT2D eigenvalue weighted by atomic mass is 10.0. The Morgan fingerprint density at radius 3 is 2.06 bits per heavy atom. The monoisotopic (exact) mass is 518 g/mol. The van der Waals surface area contributed by atoms with E-state index in [1.807, 2.05) is 44.2 Å². The van der Waals surface area contributed by atoms with Crippen molar-refractivity contribution in [1.29, 1.82) is 0 Å². The molecule has 0 aliphatic rings. The van der Waals surface area contributed by atoms with Gasteiger partial charge in [-0.15, -0.1) is 12.4 Å². The van der Waals surface area contributed by atoms with Crippen LogP contribution in [0.3, 0.4) is 0 Å². The molecule has 0 heterocycles. The summed E-state index contributed by atoms with van der Waals surface area (Å²) in [5.41, 5.74) is 7.72. The fourth-order valence-electron chi connectivity index (χ4n) is 3.61. The standard InChI is InChI=1S/C27H38N4O4.ClH/c1-4-22(28)25(33)30-24(17-20-10-12-21(32)13-11-20)27(35)31-23(16-18(2)3)26(34)29-15-14-19-8-6-5-7-9-19;/h5-13,18,22-24,32H,4,14-17,28H2,1-3H3,(H,29,34)(H,30,33)(H,31,35);1H/t22?,23-,24-;/m0./s1. The van der Waals surface area contributed by atoms with Crippen LogP contribution in [0.2, 0.25) is 0 Å². The van der Waals surface area contributed by atoms with Crippen molar-refractivity contribution in [2.45, 2.75) is 64.6 Å². The second kappa shape index (κ2) is 15.8. The van der Waals surface area contributed by atoms with E-state index in [2.05, 4.69) is 16.0 Å². The highest BCUT2D eigenvalue weighted by molar-refractivity contribution is 5.93. The molecule has 0 fully saturated rings. The van der Waals surface area contributed by atoms with Gasteiger partial charge in [-0.25, -0.2) is 0 Å². The van der Waals surface area contributed by atoms with Crippen molar-refractivity contribution < 1.29 is 19.5 Å². The van der Waals surface area contributed by atoms with Crippen LogP contribution in [-0.2, 0) is 27.2 Å². The first kappa shape index (κ1) is 30.9. The van der Waals surface area contributed by atoms with Crippen molar-refractivity contribution >= 4 is 30.1 Å². The molecule has 0 aromatic heterocycles. The summed E-state index contributed by atoms with van der Waals surface area (Å²) < 4.78 is 0. The van der Waals surface area contributed by atoms with Gasteiger partial charge in [0.05, 0.1) is 6.04 Å². The zero-order valence-electron chi connectivity index (χ0n) is 21.2. The van der Waals surface area contributed by atoms with Crippen molar-refractivity contribution in [2.75, 3.05) is 6.54 Å². The maximum atomic E-state index is 13.3. The molecule has 0 aliphatic heterocycles. The average molecular weight is 519 g/mol. The molecule has 2 aromatic rings. The Morgan fingerprint density at radius 1 is 0.861 bits per heavy atom. The molecule has 0 saturated carbocycles. The van der Waals surface area contributed by atoms with E-state index in [1.54, 1.807) is 19.1 Å². The van der Waals surface area contributed by atoms with Gasteiger partial charge in [-0.2, -0.15) is 0 Å². The largest absolute Gasteiger partial charge is 0.508 e. The molecule has 2 aromatic carbocycles. The SMILES string of the molecule is CCC(N)C(=O)N[C@@H](Cc1ccc(O)cc1)C(=O)N[C@@H](CC(C)C)C(=O)NCCc1ccccc1.Cl. The van der Waals surface area contributed by atoms with Crippen LogP contribution in [-0.4, -0.2) is 47.5 Å². The fraction of sp³-hybridized carbons (Fsp3) is 0.444. The van der Waals surface area contributed by atoms with E-state index in [1.165, 1.54) is 12.1 Å². The predicted octanol–water partition coefficient (Wildman–Crippen LogP) is 2.47. The van der Waals surface area contributed by atoms with Crippen LogP contribution in [0.15, 0.2) is 54.6 Å². The van der Waals surface area contributed by atoms with Gasteiger partial charge >= 0.3 is 0 Å². The summed E-state index contributed by atoms with van der Waals surface area (Å²) in [6.45, 7) is 6.20. The molecule has 0 radical (unpaired) electrons. The van der Waals surface area contributed by atoms with E-state index in [9.17, 15) is 19.5 Å². The quantitative estimate of drug-likeness (QED) is 0.278. The van der Waals surface area contributed by atoms with Gasteiger partial charge in [-0.05, 0) is 48.4 Å². The third-order valence-corrected chi connectivity index (χ3v) is 5.68. The number of rotatable bonds is 13. The number of amides is 3. The van der Waals surface area contributed by atoms with E-state index in [4.69, 9.17) is 5.73 Å². The van der Waals surface area contributed by atoms with Crippen LogP contribution < -0.4 is 21.7 Å². The molecule has 0 bridgehead atoms. The molecule has 3 atom stereocenters. The van der Waals surface area contributed by atoms with Gasteiger partial charge in [-0.1, -0.05) is 63.2 Å². The number of phenols is 1. The second-order valence-electron chi connectivity index (χ2n) is 9.16. The van der Waals surface area contributed by atoms with Crippen LogP contribution in [0.4, 0.5) is 0 Å². The predicted molar refractivity (Wildman–Crippen MR) is 144 cm³/mol. The average Bonchev–Trinajstić information content (AvgIpc) is 2.84. The first-order valence-corrected chi connectivity index (χ1v) is 12.2. The molecule has 36 heavy (non-hydrogen) atoms. The van der Waals surface area contributed by atoms with E-state index < -0.39 is 29.9 Å². The lowest BCUT2D eigenvalue weighted by molar-refractivity contribution is -0.132. The topological polar surface area (TPSA) is 134 Å². The van der Waals surface area contributed by atoms with E-state index in [0.717, 1.165) is 11.1 Å². The minimum absolute atomic E-state index is 0. The smallest absolute Gasteiger partial charge is 0.243 e. The van der Waals surface area contributed by atoms with Gasteiger partial charge in [0.15, 0.2) is 0 Å². The Bertz CT molecular complexity index is 954. The zero-order valence-corrected chi connectivity index (χ0v) is 22.0. The molecule has 9 heteroatoms. The Hall–Kier alpha value is -3.10. The minimum Gasteiger partial charge on any atom is -0.508 e. The van der Waals surface area contributed by atoms with Crippen molar-refractivity contribution in [1.82, 2.24) is 16.0 Å². The van der Waals surface area contributed by atoms with Crippen LogP contribution in [0.1, 0.15) is 44.7 Å². The molecule has 0 saturated heterocycles. The number of nitrogens with one attached hydrogen (secondary N) is 3.